The van der Waals surface area contributed by atoms with Crippen LogP contribution >= 0.6 is 12.2 Å². The van der Waals surface area contributed by atoms with Gasteiger partial charge in [0.1, 0.15) is 0 Å². The molecule has 0 aliphatic carbocycles. The van der Waals surface area contributed by atoms with Crippen LogP contribution in [0.2, 0.25) is 0 Å². The summed E-state index contributed by atoms with van der Waals surface area (Å²) >= 11 is 4.14. The topological polar surface area (TPSA) is 67.5 Å². The molecule has 0 saturated carbocycles. The smallest absolute Gasteiger partial charge is 0.269 e. The standard InChI is InChI=1S/C3H5N3OS/c4-6-1-3(7)5-2-8/h6H,1,4H2. The first-order valence-corrected chi connectivity index (χ1v) is 2.26. The van der Waals surface area contributed by atoms with Crippen molar-refractivity contribution in [2.75, 3.05) is 6.54 Å². The second-order valence-electron chi connectivity index (χ2n) is 0.978. The monoisotopic (exact) mass is 131 g/mol. The lowest BCUT2D eigenvalue weighted by Crippen LogP contribution is -2.27. The molecule has 44 valence electrons. The molecule has 0 atom stereocenters. The van der Waals surface area contributed by atoms with E-state index in [9.17, 15) is 4.79 Å². The van der Waals surface area contributed by atoms with Gasteiger partial charge in [0, 0.05) is 0 Å². The number of carbonyl (C=O) groups is 1. The first-order chi connectivity index (χ1) is 3.81. The van der Waals surface area contributed by atoms with E-state index < -0.39 is 5.91 Å². The van der Waals surface area contributed by atoms with Crippen molar-refractivity contribution in [2.45, 2.75) is 0 Å². The molecule has 0 heterocycles. The molecule has 0 bridgehead atoms. The maximum Gasteiger partial charge on any atom is 0.269 e. The zero-order valence-corrected chi connectivity index (χ0v) is 4.86. The molecule has 0 aromatic rings. The third kappa shape index (κ3) is 3.58. The Bertz CT molecular complexity index is 128. The zero-order valence-electron chi connectivity index (χ0n) is 4.05. The van der Waals surface area contributed by atoms with Gasteiger partial charge in [0.25, 0.3) is 5.91 Å². The molecule has 0 rings (SSSR count). The fraction of sp³-hybridized carbons (Fsp3) is 0.333. The van der Waals surface area contributed by atoms with Gasteiger partial charge in [0.2, 0.25) is 0 Å². The van der Waals surface area contributed by atoms with Crippen LogP contribution in [0.25, 0.3) is 0 Å². The number of hydrogen-bond donors (Lipinski definition) is 2. The lowest BCUT2D eigenvalue weighted by atomic mass is 10.6. The Morgan fingerprint density at radius 1 is 2.00 bits per heavy atom. The summed E-state index contributed by atoms with van der Waals surface area (Å²) in [5, 5.41) is 1.92. The number of nitrogens with two attached hydrogens (primary N) is 1. The van der Waals surface area contributed by atoms with Crippen molar-refractivity contribution in [2.24, 2.45) is 10.8 Å². The summed E-state index contributed by atoms with van der Waals surface area (Å²) in [6.45, 7) is 0.00361. The van der Waals surface area contributed by atoms with Crippen LogP contribution in [0.3, 0.4) is 0 Å². The van der Waals surface area contributed by atoms with Crippen molar-refractivity contribution < 1.29 is 4.79 Å². The normalized spacial score (nSPS) is 7.62. The molecule has 0 aromatic heterocycles. The number of carbonyl (C=O) groups excluding carboxylic acids is 1. The molecule has 0 radical (unpaired) electrons. The minimum atomic E-state index is -0.414. The van der Waals surface area contributed by atoms with Crippen LogP contribution in [0.1, 0.15) is 0 Å². The van der Waals surface area contributed by atoms with E-state index in [1.165, 1.54) is 0 Å². The summed E-state index contributed by atoms with van der Waals surface area (Å²) in [5.74, 6) is 4.35. The molecule has 0 aliphatic heterocycles. The number of rotatable bonds is 2. The Balaban J connectivity index is 3.49. The van der Waals surface area contributed by atoms with E-state index in [0.717, 1.165) is 0 Å². The maximum absolute atomic E-state index is 10.2. The second-order valence-corrected chi connectivity index (χ2v) is 1.16. The first kappa shape index (κ1) is 7.39. The van der Waals surface area contributed by atoms with Gasteiger partial charge >= 0.3 is 0 Å². The van der Waals surface area contributed by atoms with Crippen LogP contribution in [0.4, 0.5) is 0 Å². The summed E-state index contributed by atoms with van der Waals surface area (Å²) in [7, 11) is 0. The summed E-state index contributed by atoms with van der Waals surface area (Å²) in [5.41, 5.74) is 2.12. The minimum absolute atomic E-state index is 0.00361. The number of nitrogens with zero attached hydrogens (tertiary/aromatic N) is 1. The molecule has 0 aromatic carbocycles. The highest BCUT2D eigenvalue weighted by molar-refractivity contribution is 7.78. The Labute approximate surface area is 51.7 Å². The summed E-state index contributed by atoms with van der Waals surface area (Å²) in [6, 6.07) is 0. The lowest BCUT2D eigenvalue weighted by Gasteiger charge is -1.85. The second kappa shape index (κ2) is 4.55. The molecule has 0 fully saturated rings. The highest BCUT2D eigenvalue weighted by Gasteiger charge is 1.90. The largest absolute Gasteiger partial charge is 0.271 e. The lowest BCUT2D eigenvalue weighted by molar-refractivity contribution is -0.116. The van der Waals surface area contributed by atoms with E-state index in [1.54, 1.807) is 0 Å². The van der Waals surface area contributed by atoms with Gasteiger partial charge in [-0.15, -0.1) is 0 Å². The molecular formula is C3H5N3OS. The number of amides is 1. The van der Waals surface area contributed by atoms with E-state index in [4.69, 9.17) is 5.84 Å². The van der Waals surface area contributed by atoms with E-state index in [1.807, 2.05) is 5.16 Å². The van der Waals surface area contributed by atoms with Gasteiger partial charge in [-0.3, -0.25) is 16.1 Å². The maximum atomic E-state index is 10.2. The van der Waals surface area contributed by atoms with Crippen LogP contribution in [0.15, 0.2) is 4.99 Å². The van der Waals surface area contributed by atoms with Crippen molar-refractivity contribution in [1.82, 2.24) is 5.43 Å². The third-order valence-electron chi connectivity index (χ3n) is 0.424. The molecule has 8 heavy (non-hydrogen) atoms. The molecular weight excluding hydrogens is 126 g/mol. The van der Waals surface area contributed by atoms with Gasteiger partial charge in [-0.1, -0.05) is 0 Å². The highest BCUT2D eigenvalue weighted by atomic mass is 32.1. The van der Waals surface area contributed by atoms with Gasteiger partial charge in [-0.25, -0.2) is 0 Å². The summed E-state index contributed by atoms with van der Waals surface area (Å²) in [6.07, 6.45) is 0. The average molecular weight is 131 g/mol. The molecule has 0 unspecified atom stereocenters. The van der Waals surface area contributed by atoms with Crippen LogP contribution in [-0.2, 0) is 4.79 Å². The Kier molecular flexibility index (Phi) is 4.20. The van der Waals surface area contributed by atoms with Crippen LogP contribution in [0.5, 0.6) is 0 Å². The average Bonchev–Trinajstić information content (AvgIpc) is 1.68. The fourth-order valence-corrected chi connectivity index (χ4v) is 0.280. The van der Waals surface area contributed by atoms with E-state index >= 15 is 0 Å². The van der Waals surface area contributed by atoms with Gasteiger partial charge in [0.05, 0.1) is 11.7 Å². The molecule has 0 saturated heterocycles. The molecule has 4 nitrogen and oxygen atoms in total. The van der Waals surface area contributed by atoms with E-state index in [0.29, 0.717) is 0 Å². The van der Waals surface area contributed by atoms with Crippen molar-refractivity contribution >= 4 is 23.3 Å². The predicted molar refractivity (Wildman–Crippen MR) is 32.2 cm³/mol. The number of hydrogen-bond acceptors (Lipinski definition) is 4. The van der Waals surface area contributed by atoms with Crippen molar-refractivity contribution in [3.8, 4) is 0 Å². The Morgan fingerprint density at radius 2 is 2.62 bits per heavy atom. The number of isothiocyanates is 1. The number of thiocarbonyl (C=S) groups is 1. The summed E-state index contributed by atoms with van der Waals surface area (Å²) < 4.78 is 0. The van der Waals surface area contributed by atoms with E-state index in [-0.39, 0.29) is 6.54 Å². The van der Waals surface area contributed by atoms with Crippen LogP contribution in [0, 0.1) is 0 Å². The number of hydrazine groups is 1. The SMILES string of the molecule is NNCC(=O)N=C=S. The summed E-state index contributed by atoms with van der Waals surface area (Å²) in [4.78, 5) is 13.3. The van der Waals surface area contributed by atoms with E-state index in [2.05, 4.69) is 22.6 Å². The Morgan fingerprint density at radius 3 is 3.00 bits per heavy atom. The zero-order chi connectivity index (χ0) is 6.41. The predicted octanol–water partition coefficient (Wildman–Crippen LogP) is -0.921. The molecule has 3 N–H and O–H groups in total. The number of nitrogens with one attached hydrogen (secondary N) is 1. The van der Waals surface area contributed by atoms with Gasteiger partial charge in [-0.2, -0.15) is 4.99 Å². The Hall–Kier alpha value is -0.610. The third-order valence-corrected chi connectivity index (χ3v) is 0.515. The number of aliphatic imine (C=N–C) groups is 1. The fourth-order valence-electron chi connectivity index (χ4n) is 0.178. The highest BCUT2D eigenvalue weighted by Crippen LogP contribution is 1.65. The van der Waals surface area contributed by atoms with Gasteiger partial charge in [0.15, 0.2) is 0 Å². The van der Waals surface area contributed by atoms with Crippen LogP contribution in [-0.4, -0.2) is 17.6 Å². The molecule has 1 amide bonds. The van der Waals surface area contributed by atoms with Crippen molar-refractivity contribution in [1.29, 1.82) is 0 Å². The first-order valence-electron chi connectivity index (χ1n) is 1.85. The van der Waals surface area contributed by atoms with Crippen molar-refractivity contribution in [3.63, 3.8) is 0 Å². The minimum Gasteiger partial charge on any atom is -0.271 e. The van der Waals surface area contributed by atoms with Crippen LogP contribution < -0.4 is 11.3 Å². The molecule has 0 aliphatic rings. The molecule has 5 heteroatoms. The van der Waals surface area contributed by atoms with Crippen molar-refractivity contribution in [3.05, 3.63) is 0 Å². The molecule has 0 spiro atoms. The van der Waals surface area contributed by atoms with Gasteiger partial charge in [-0.05, 0) is 12.2 Å². The quantitative estimate of drug-likeness (QED) is 0.220. The van der Waals surface area contributed by atoms with Gasteiger partial charge < -0.3 is 0 Å².